The molecule has 0 aromatic heterocycles. The van der Waals surface area contributed by atoms with E-state index in [1.165, 1.54) is 12.1 Å². The number of benzene rings is 2. The summed E-state index contributed by atoms with van der Waals surface area (Å²) in [6, 6.07) is 16.7. The minimum atomic E-state index is -3.60. The molecule has 12 heteroatoms. The van der Waals surface area contributed by atoms with Crippen LogP contribution in [0.5, 0.6) is 0 Å². The van der Waals surface area contributed by atoms with Gasteiger partial charge in [-0.05, 0) is 89.1 Å². The number of unbranched alkanes of at least 4 members (excludes halogenated alkanes) is 3. The average Bonchev–Trinajstić information content (AvgIpc) is 2.93. The SMILES string of the molecule is CC(C)N(C(C)C)P(OCCC#N)OCCCCCCNS(=O)(=O)c1ccc(N=Nc2ccc(N(C)C)cc2)cc1. The van der Waals surface area contributed by atoms with E-state index in [2.05, 4.69) is 53.4 Å². The maximum absolute atomic E-state index is 12.7. The van der Waals surface area contributed by atoms with E-state index in [4.69, 9.17) is 14.3 Å². The van der Waals surface area contributed by atoms with Crippen molar-refractivity contribution >= 4 is 35.6 Å². The van der Waals surface area contributed by atoms with Gasteiger partial charge in [-0.15, -0.1) is 0 Å². The Bertz CT molecular complexity index is 1190. The number of nitrogens with one attached hydrogen (secondary N) is 1. The summed E-state index contributed by atoms with van der Waals surface area (Å²) in [5, 5.41) is 17.3. The molecule has 0 radical (unpaired) electrons. The second kappa shape index (κ2) is 18.2. The molecule has 1 unspecified atom stereocenters. The van der Waals surface area contributed by atoms with E-state index in [0.717, 1.165) is 37.1 Å². The Morgan fingerprint density at radius 3 is 1.93 bits per heavy atom. The quantitative estimate of drug-likeness (QED) is 0.101. The topological polar surface area (TPSA) is 120 Å². The molecule has 1 N–H and O–H groups in total. The van der Waals surface area contributed by atoms with Crippen LogP contribution in [0.3, 0.4) is 0 Å². The van der Waals surface area contributed by atoms with Crippen LogP contribution in [0.4, 0.5) is 17.1 Å². The standard InChI is InChI=1S/C29H45N6O4PS/c1-24(2)35(25(3)4)40(39-23-11-20-30)38-22-10-8-7-9-21-31-41(36,37)29-18-14-27(15-19-29)33-32-26-12-16-28(17-13-26)34(5)6/h12-19,24-25,31H,7-11,21-23H2,1-6H3. The first kappa shape index (κ1) is 34.7. The van der Waals surface area contributed by atoms with Gasteiger partial charge >= 0.3 is 0 Å². The molecular weight excluding hydrogens is 559 g/mol. The van der Waals surface area contributed by atoms with Gasteiger partial charge in [-0.1, -0.05) is 12.8 Å². The van der Waals surface area contributed by atoms with Crippen LogP contribution in [0, 0.1) is 11.3 Å². The van der Waals surface area contributed by atoms with E-state index >= 15 is 0 Å². The largest absolute Gasteiger partial charge is 0.378 e. The van der Waals surface area contributed by atoms with Crippen molar-refractivity contribution in [2.75, 3.05) is 38.8 Å². The lowest BCUT2D eigenvalue weighted by atomic mass is 10.2. The zero-order chi connectivity index (χ0) is 30.3. The highest BCUT2D eigenvalue weighted by atomic mass is 32.2. The molecule has 226 valence electrons. The number of sulfonamides is 1. The first-order valence-electron chi connectivity index (χ1n) is 14.0. The molecule has 0 saturated heterocycles. The predicted molar refractivity (Wildman–Crippen MR) is 166 cm³/mol. The molecule has 0 heterocycles. The number of hydrogen-bond acceptors (Lipinski definition) is 9. The van der Waals surface area contributed by atoms with Gasteiger partial charge in [-0.3, -0.25) is 0 Å². The third-order valence-corrected chi connectivity index (χ3v) is 9.61. The minimum absolute atomic E-state index is 0.199. The number of nitrogens with zero attached hydrogens (tertiary/aromatic N) is 5. The lowest BCUT2D eigenvalue weighted by Crippen LogP contribution is -2.33. The van der Waals surface area contributed by atoms with Crippen LogP contribution >= 0.6 is 8.53 Å². The first-order chi connectivity index (χ1) is 19.5. The summed E-state index contributed by atoms with van der Waals surface area (Å²) in [4.78, 5) is 2.20. The van der Waals surface area contributed by atoms with Crippen molar-refractivity contribution in [3.05, 3.63) is 48.5 Å². The van der Waals surface area contributed by atoms with Crippen LogP contribution in [0.1, 0.15) is 59.8 Å². The number of azo groups is 1. The Kier molecular flexibility index (Phi) is 15.4. The summed E-state index contributed by atoms with van der Waals surface area (Å²) < 4.78 is 42.2. The van der Waals surface area contributed by atoms with Crippen LogP contribution < -0.4 is 9.62 Å². The van der Waals surface area contributed by atoms with E-state index < -0.39 is 18.5 Å². The van der Waals surface area contributed by atoms with Gasteiger partial charge in [-0.2, -0.15) is 15.5 Å². The van der Waals surface area contributed by atoms with Crippen molar-refractivity contribution < 1.29 is 17.5 Å². The van der Waals surface area contributed by atoms with Crippen LogP contribution in [-0.2, 0) is 19.1 Å². The van der Waals surface area contributed by atoms with Crippen molar-refractivity contribution in [2.24, 2.45) is 10.2 Å². The molecule has 1 atom stereocenters. The lowest BCUT2D eigenvalue weighted by molar-refractivity contribution is 0.174. The van der Waals surface area contributed by atoms with Crippen LogP contribution in [0.2, 0.25) is 0 Å². The second-order valence-corrected chi connectivity index (χ2v) is 13.5. The summed E-state index contributed by atoms with van der Waals surface area (Å²) >= 11 is 0. The molecule has 0 aliphatic heterocycles. The number of rotatable bonds is 19. The van der Waals surface area contributed by atoms with Crippen molar-refractivity contribution in [1.82, 2.24) is 9.39 Å². The Morgan fingerprint density at radius 2 is 1.39 bits per heavy atom. The Morgan fingerprint density at radius 1 is 0.854 bits per heavy atom. The molecule has 41 heavy (non-hydrogen) atoms. The molecule has 0 spiro atoms. The van der Waals surface area contributed by atoms with Gasteiger partial charge in [0.15, 0.2) is 0 Å². The van der Waals surface area contributed by atoms with E-state index in [1.807, 2.05) is 43.3 Å². The highest BCUT2D eigenvalue weighted by Crippen LogP contribution is 2.46. The van der Waals surface area contributed by atoms with Gasteiger partial charge in [-0.25, -0.2) is 17.8 Å². The Labute approximate surface area is 247 Å². The van der Waals surface area contributed by atoms with Gasteiger partial charge < -0.3 is 13.9 Å². The highest BCUT2D eigenvalue weighted by molar-refractivity contribution is 7.89. The average molecular weight is 605 g/mol. The summed E-state index contributed by atoms with van der Waals surface area (Å²) in [5.74, 6) is 0. The predicted octanol–water partition coefficient (Wildman–Crippen LogP) is 7.30. The fourth-order valence-electron chi connectivity index (χ4n) is 3.95. The maximum atomic E-state index is 12.7. The highest BCUT2D eigenvalue weighted by Gasteiger charge is 2.26. The number of anilines is 1. The normalized spacial score (nSPS) is 12.9. The van der Waals surface area contributed by atoms with Gasteiger partial charge in [0.2, 0.25) is 10.0 Å². The molecule has 0 fully saturated rings. The smallest absolute Gasteiger partial charge is 0.259 e. The van der Waals surface area contributed by atoms with Crippen LogP contribution in [-0.4, -0.2) is 59.0 Å². The number of nitriles is 1. The molecular formula is C29H45N6O4PS. The van der Waals surface area contributed by atoms with Crippen molar-refractivity contribution in [3.63, 3.8) is 0 Å². The molecule has 0 aliphatic carbocycles. The van der Waals surface area contributed by atoms with Gasteiger partial charge in [0.25, 0.3) is 8.53 Å². The molecule has 0 bridgehead atoms. The first-order valence-corrected chi connectivity index (χ1v) is 16.7. The second-order valence-electron chi connectivity index (χ2n) is 10.3. The van der Waals surface area contributed by atoms with Gasteiger partial charge in [0, 0.05) is 38.4 Å². The van der Waals surface area contributed by atoms with E-state index in [-0.39, 0.29) is 17.0 Å². The maximum Gasteiger partial charge on any atom is 0.259 e. The summed E-state index contributed by atoms with van der Waals surface area (Å²) in [6.45, 7) is 9.73. The van der Waals surface area contributed by atoms with Crippen molar-refractivity contribution in [1.29, 1.82) is 5.26 Å². The van der Waals surface area contributed by atoms with E-state index in [9.17, 15) is 8.42 Å². The fraction of sp³-hybridized carbons (Fsp3) is 0.552. The zero-order valence-corrected chi connectivity index (χ0v) is 26.9. The van der Waals surface area contributed by atoms with E-state index in [0.29, 0.717) is 31.9 Å². The van der Waals surface area contributed by atoms with Crippen LogP contribution in [0.15, 0.2) is 63.7 Å². The van der Waals surface area contributed by atoms with Gasteiger partial charge in [0.05, 0.1) is 42.0 Å². The van der Waals surface area contributed by atoms with Crippen molar-refractivity contribution in [3.8, 4) is 6.07 Å². The lowest BCUT2D eigenvalue weighted by Gasteiger charge is -2.35. The van der Waals surface area contributed by atoms with Gasteiger partial charge in [0.1, 0.15) is 0 Å². The van der Waals surface area contributed by atoms with E-state index in [1.54, 1.807) is 12.1 Å². The minimum Gasteiger partial charge on any atom is -0.378 e. The molecule has 0 amide bonds. The van der Waals surface area contributed by atoms with Crippen LogP contribution in [0.25, 0.3) is 0 Å². The zero-order valence-electron chi connectivity index (χ0n) is 25.2. The third-order valence-electron chi connectivity index (χ3n) is 6.02. The fourth-order valence-corrected chi connectivity index (χ4v) is 6.65. The monoisotopic (exact) mass is 604 g/mol. The molecule has 0 saturated carbocycles. The molecule has 0 aliphatic rings. The summed E-state index contributed by atoms with van der Waals surface area (Å²) in [6.07, 6.45) is 3.72. The molecule has 2 aromatic carbocycles. The Hall–Kier alpha value is -2.45. The number of hydrogen-bond donors (Lipinski definition) is 1. The molecule has 10 nitrogen and oxygen atoms in total. The molecule has 2 aromatic rings. The summed E-state index contributed by atoms with van der Waals surface area (Å²) in [5.41, 5.74) is 2.37. The summed E-state index contributed by atoms with van der Waals surface area (Å²) in [7, 11) is -0.878. The van der Waals surface area contributed by atoms with Crippen molar-refractivity contribution in [2.45, 2.75) is 76.8 Å². The third kappa shape index (κ3) is 12.5. The Balaban J connectivity index is 1.73. The molecule has 2 rings (SSSR count).